The molecule has 2 N–H and O–H groups in total. The molecule has 0 bridgehead atoms. The van der Waals surface area contributed by atoms with Crippen LogP contribution in [-0.4, -0.2) is 45.3 Å². The van der Waals surface area contributed by atoms with Crippen LogP contribution < -0.4 is 4.72 Å². The van der Waals surface area contributed by atoms with E-state index in [4.69, 9.17) is 5.11 Å². The number of rotatable bonds is 6. The van der Waals surface area contributed by atoms with E-state index in [1.54, 1.807) is 18.2 Å². The van der Waals surface area contributed by atoms with Gasteiger partial charge in [0.2, 0.25) is 10.0 Å². The SMILES string of the molecule is O=S1(=O)CCC(S(=O)(=O)Nc2cccc(CCCO)c2)C1. The van der Waals surface area contributed by atoms with Crippen molar-refractivity contribution in [2.24, 2.45) is 0 Å². The topological polar surface area (TPSA) is 101 Å². The average molecular weight is 333 g/mol. The minimum absolute atomic E-state index is 0.0743. The van der Waals surface area contributed by atoms with E-state index in [1.165, 1.54) is 0 Å². The molecule has 0 radical (unpaired) electrons. The molecule has 1 heterocycles. The van der Waals surface area contributed by atoms with Crippen LogP contribution in [0.2, 0.25) is 0 Å². The lowest BCUT2D eigenvalue weighted by Crippen LogP contribution is -2.28. The third-order valence-electron chi connectivity index (χ3n) is 3.44. The highest BCUT2D eigenvalue weighted by molar-refractivity contribution is 7.97. The summed E-state index contributed by atoms with van der Waals surface area (Å²) in [5.41, 5.74) is 1.35. The van der Waals surface area contributed by atoms with Crippen molar-refractivity contribution in [3.63, 3.8) is 0 Å². The first-order valence-corrected chi connectivity index (χ1v) is 10.1. The monoisotopic (exact) mass is 333 g/mol. The van der Waals surface area contributed by atoms with E-state index in [1.807, 2.05) is 6.07 Å². The fourth-order valence-corrected chi connectivity index (χ4v) is 6.41. The van der Waals surface area contributed by atoms with Gasteiger partial charge in [-0.2, -0.15) is 0 Å². The zero-order valence-electron chi connectivity index (χ0n) is 11.5. The Morgan fingerprint density at radius 1 is 1.33 bits per heavy atom. The summed E-state index contributed by atoms with van der Waals surface area (Å²) in [6.07, 6.45) is 1.41. The van der Waals surface area contributed by atoms with E-state index in [9.17, 15) is 16.8 Å². The van der Waals surface area contributed by atoms with Crippen molar-refractivity contribution in [3.8, 4) is 0 Å². The number of benzene rings is 1. The highest BCUT2D eigenvalue weighted by atomic mass is 32.2. The minimum atomic E-state index is -3.70. The number of hydrogen-bond donors (Lipinski definition) is 2. The molecular weight excluding hydrogens is 314 g/mol. The van der Waals surface area contributed by atoms with Gasteiger partial charge in [0.05, 0.1) is 16.8 Å². The van der Waals surface area contributed by atoms with E-state index in [2.05, 4.69) is 4.72 Å². The Morgan fingerprint density at radius 3 is 2.71 bits per heavy atom. The number of aryl methyl sites for hydroxylation is 1. The molecule has 21 heavy (non-hydrogen) atoms. The normalized spacial score (nSPS) is 21.3. The van der Waals surface area contributed by atoms with Gasteiger partial charge < -0.3 is 5.11 Å². The van der Waals surface area contributed by atoms with E-state index in [0.29, 0.717) is 18.5 Å². The number of hydrogen-bond acceptors (Lipinski definition) is 5. The quantitative estimate of drug-likeness (QED) is 0.791. The second-order valence-corrected chi connectivity index (χ2v) is 9.39. The van der Waals surface area contributed by atoms with Gasteiger partial charge in [0.25, 0.3) is 0 Å². The first-order chi connectivity index (χ1) is 9.82. The number of nitrogens with one attached hydrogen (secondary N) is 1. The van der Waals surface area contributed by atoms with Gasteiger partial charge in [0.15, 0.2) is 9.84 Å². The number of anilines is 1. The predicted molar refractivity (Wildman–Crippen MR) is 81.5 cm³/mol. The summed E-state index contributed by atoms with van der Waals surface area (Å²) in [7, 11) is -6.94. The highest BCUT2D eigenvalue weighted by Crippen LogP contribution is 2.22. The van der Waals surface area contributed by atoms with Crippen LogP contribution in [0.4, 0.5) is 5.69 Å². The second-order valence-electron chi connectivity index (χ2n) is 5.20. The fraction of sp³-hybridized carbons (Fsp3) is 0.538. The molecule has 0 spiro atoms. The van der Waals surface area contributed by atoms with Crippen molar-refractivity contribution in [1.29, 1.82) is 0 Å². The van der Waals surface area contributed by atoms with Crippen LogP contribution >= 0.6 is 0 Å². The zero-order chi connectivity index (χ0) is 15.5. The highest BCUT2D eigenvalue weighted by Gasteiger charge is 2.37. The van der Waals surface area contributed by atoms with Gasteiger partial charge in [-0.1, -0.05) is 12.1 Å². The number of aliphatic hydroxyl groups is 1. The van der Waals surface area contributed by atoms with Crippen LogP contribution in [0.15, 0.2) is 24.3 Å². The van der Waals surface area contributed by atoms with Crippen LogP contribution in [-0.2, 0) is 26.3 Å². The standard InChI is InChI=1S/C13H19NO5S2/c15-7-2-4-11-3-1-5-12(9-11)14-21(18,19)13-6-8-20(16,17)10-13/h1,3,5,9,13-15H,2,4,6-8,10H2. The van der Waals surface area contributed by atoms with Gasteiger partial charge in [-0.05, 0) is 37.0 Å². The molecule has 2 rings (SSSR count). The molecule has 0 saturated carbocycles. The summed E-state index contributed by atoms with van der Waals surface area (Å²) < 4.78 is 49.7. The maximum atomic E-state index is 12.2. The molecule has 1 aliphatic rings. The lowest BCUT2D eigenvalue weighted by atomic mass is 10.1. The molecule has 0 aliphatic carbocycles. The second kappa shape index (κ2) is 6.33. The van der Waals surface area contributed by atoms with Crippen LogP contribution in [0.1, 0.15) is 18.4 Å². The zero-order valence-corrected chi connectivity index (χ0v) is 13.2. The molecule has 1 aliphatic heterocycles. The molecule has 1 fully saturated rings. The Bertz CT molecular complexity index is 697. The van der Waals surface area contributed by atoms with Crippen LogP contribution in [0.3, 0.4) is 0 Å². The predicted octanol–water partition coefficient (Wildman–Crippen LogP) is 0.540. The molecule has 1 unspecified atom stereocenters. The van der Waals surface area contributed by atoms with Gasteiger partial charge in [0.1, 0.15) is 0 Å². The van der Waals surface area contributed by atoms with Crippen molar-refractivity contribution < 1.29 is 21.9 Å². The molecule has 1 aromatic carbocycles. The number of sulfonamides is 1. The molecule has 0 amide bonds. The largest absolute Gasteiger partial charge is 0.396 e. The van der Waals surface area contributed by atoms with Crippen molar-refractivity contribution in [1.82, 2.24) is 0 Å². The van der Waals surface area contributed by atoms with Gasteiger partial charge in [0, 0.05) is 12.3 Å². The maximum absolute atomic E-state index is 12.2. The molecule has 8 heteroatoms. The van der Waals surface area contributed by atoms with Crippen molar-refractivity contribution in [2.75, 3.05) is 22.8 Å². The first kappa shape index (κ1) is 16.3. The van der Waals surface area contributed by atoms with Crippen LogP contribution in [0.5, 0.6) is 0 Å². The number of aliphatic hydroxyl groups excluding tert-OH is 1. The Labute approximate surface area is 125 Å². The third-order valence-corrected chi connectivity index (χ3v) is 7.22. The Hall–Kier alpha value is -1.12. The van der Waals surface area contributed by atoms with Gasteiger partial charge >= 0.3 is 0 Å². The molecule has 1 saturated heterocycles. The summed E-state index contributed by atoms with van der Waals surface area (Å²) in [4.78, 5) is 0. The molecule has 1 aromatic rings. The minimum Gasteiger partial charge on any atom is -0.396 e. The van der Waals surface area contributed by atoms with Crippen LogP contribution in [0, 0.1) is 0 Å². The summed E-state index contributed by atoms with van der Waals surface area (Å²) in [5.74, 6) is -0.387. The summed E-state index contributed by atoms with van der Waals surface area (Å²) >= 11 is 0. The van der Waals surface area contributed by atoms with E-state index < -0.39 is 25.1 Å². The van der Waals surface area contributed by atoms with E-state index in [-0.39, 0.29) is 24.5 Å². The third kappa shape index (κ3) is 4.42. The Morgan fingerprint density at radius 2 is 2.10 bits per heavy atom. The van der Waals surface area contributed by atoms with E-state index >= 15 is 0 Å². The molecule has 6 nitrogen and oxygen atoms in total. The van der Waals surface area contributed by atoms with Crippen molar-refractivity contribution >= 4 is 25.5 Å². The smallest absolute Gasteiger partial charge is 0.236 e. The van der Waals surface area contributed by atoms with Crippen molar-refractivity contribution in [3.05, 3.63) is 29.8 Å². The van der Waals surface area contributed by atoms with Gasteiger partial charge in [-0.15, -0.1) is 0 Å². The fourth-order valence-electron chi connectivity index (χ4n) is 2.33. The average Bonchev–Trinajstić information content (AvgIpc) is 2.77. The molecule has 118 valence electrons. The number of sulfone groups is 1. The van der Waals surface area contributed by atoms with Crippen molar-refractivity contribution in [2.45, 2.75) is 24.5 Å². The first-order valence-electron chi connectivity index (χ1n) is 6.74. The molecule has 0 aromatic heterocycles. The maximum Gasteiger partial charge on any atom is 0.236 e. The van der Waals surface area contributed by atoms with Crippen LogP contribution in [0.25, 0.3) is 0 Å². The summed E-state index contributed by atoms with van der Waals surface area (Å²) in [6.45, 7) is 0.0793. The summed E-state index contributed by atoms with van der Waals surface area (Å²) in [6, 6.07) is 6.92. The molecule has 1 atom stereocenters. The van der Waals surface area contributed by atoms with Gasteiger partial charge in [-0.3, -0.25) is 4.72 Å². The van der Waals surface area contributed by atoms with E-state index in [0.717, 1.165) is 5.56 Å². The lowest BCUT2D eigenvalue weighted by molar-refractivity contribution is 0.288. The Kier molecular flexibility index (Phi) is 4.90. The summed E-state index contributed by atoms with van der Waals surface area (Å²) in [5, 5.41) is 7.92. The molecular formula is C13H19NO5S2. The Balaban J connectivity index is 2.10. The lowest BCUT2D eigenvalue weighted by Gasteiger charge is -2.13. The van der Waals surface area contributed by atoms with Gasteiger partial charge in [-0.25, -0.2) is 16.8 Å².